The van der Waals surface area contributed by atoms with Crippen LogP contribution >= 0.6 is 0 Å². The van der Waals surface area contributed by atoms with Gasteiger partial charge in [-0.1, -0.05) is 30.3 Å². The smallest absolute Gasteiger partial charge is 0.234 e. The third-order valence-corrected chi connectivity index (χ3v) is 4.47. The van der Waals surface area contributed by atoms with Crippen molar-refractivity contribution in [3.8, 4) is 0 Å². The Morgan fingerprint density at radius 1 is 1.04 bits per heavy atom. The molecule has 5 nitrogen and oxygen atoms in total. The Labute approximate surface area is 132 Å². The van der Waals surface area contributed by atoms with E-state index in [4.69, 9.17) is 0 Å². The standard InChI is InChI=1S/C18H14N2O3/c1-10(21)20-14-9-5-3-7-12(14)17(22)16(20)15-11-6-2-4-8-13(11)19-18(15)23/h2-9,15-16H,1H3,(H,19,23). The Balaban J connectivity index is 1.88. The van der Waals surface area contributed by atoms with E-state index in [1.54, 1.807) is 30.3 Å². The number of hydrogen-bond donors (Lipinski definition) is 1. The normalized spacial score (nSPS) is 21.9. The highest BCUT2D eigenvalue weighted by atomic mass is 16.2. The van der Waals surface area contributed by atoms with Crippen LogP contribution in [0.4, 0.5) is 11.4 Å². The molecule has 2 aliphatic rings. The van der Waals surface area contributed by atoms with Crippen molar-refractivity contribution in [3.05, 3.63) is 59.7 Å². The second-order valence-corrected chi connectivity index (χ2v) is 5.77. The molecule has 0 saturated heterocycles. The summed E-state index contributed by atoms with van der Waals surface area (Å²) in [6.07, 6.45) is 0. The van der Waals surface area contributed by atoms with Gasteiger partial charge >= 0.3 is 0 Å². The van der Waals surface area contributed by atoms with Crippen molar-refractivity contribution in [1.29, 1.82) is 0 Å². The summed E-state index contributed by atoms with van der Waals surface area (Å²) >= 11 is 0. The minimum Gasteiger partial charge on any atom is -0.325 e. The topological polar surface area (TPSA) is 66.5 Å². The average Bonchev–Trinajstić information content (AvgIpc) is 3.01. The van der Waals surface area contributed by atoms with E-state index in [0.717, 1.165) is 5.56 Å². The Hall–Kier alpha value is -2.95. The number of para-hydroxylation sites is 2. The molecule has 1 N–H and O–H groups in total. The van der Waals surface area contributed by atoms with Crippen molar-refractivity contribution in [2.75, 3.05) is 10.2 Å². The van der Waals surface area contributed by atoms with Crippen LogP contribution < -0.4 is 10.2 Å². The Morgan fingerprint density at radius 2 is 1.74 bits per heavy atom. The fraction of sp³-hybridized carbons (Fsp3) is 0.167. The lowest BCUT2D eigenvalue weighted by molar-refractivity contribution is -0.118. The molecule has 0 aliphatic carbocycles. The molecule has 0 fully saturated rings. The van der Waals surface area contributed by atoms with Crippen molar-refractivity contribution in [2.45, 2.75) is 18.9 Å². The number of anilines is 2. The molecule has 23 heavy (non-hydrogen) atoms. The van der Waals surface area contributed by atoms with E-state index in [1.165, 1.54) is 11.8 Å². The number of benzene rings is 2. The van der Waals surface area contributed by atoms with Crippen molar-refractivity contribution in [3.63, 3.8) is 0 Å². The van der Waals surface area contributed by atoms with E-state index < -0.39 is 12.0 Å². The Bertz CT molecular complexity index is 859. The molecule has 0 spiro atoms. The molecule has 2 aromatic rings. The molecule has 4 rings (SSSR count). The fourth-order valence-corrected chi connectivity index (χ4v) is 3.53. The highest BCUT2D eigenvalue weighted by Gasteiger charge is 2.49. The van der Waals surface area contributed by atoms with Gasteiger partial charge < -0.3 is 5.32 Å². The highest BCUT2D eigenvalue weighted by Crippen LogP contribution is 2.43. The number of ketones is 1. The molecule has 0 radical (unpaired) electrons. The summed E-state index contributed by atoms with van der Waals surface area (Å²) in [4.78, 5) is 39.0. The van der Waals surface area contributed by atoms with Gasteiger partial charge in [0.15, 0.2) is 5.78 Å². The number of carbonyl (C=O) groups excluding carboxylic acids is 3. The number of nitrogens with one attached hydrogen (secondary N) is 1. The minimum absolute atomic E-state index is 0.187. The maximum atomic E-state index is 12.9. The maximum Gasteiger partial charge on any atom is 0.234 e. The molecule has 0 bridgehead atoms. The second-order valence-electron chi connectivity index (χ2n) is 5.77. The Morgan fingerprint density at radius 3 is 2.52 bits per heavy atom. The first-order valence-electron chi connectivity index (χ1n) is 7.42. The van der Waals surface area contributed by atoms with Gasteiger partial charge in [0, 0.05) is 18.2 Å². The lowest BCUT2D eigenvalue weighted by Crippen LogP contribution is -2.45. The third-order valence-electron chi connectivity index (χ3n) is 4.47. The van der Waals surface area contributed by atoms with E-state index in [2.05, 4.69) is 5.32 Å². The number of nitrogens with zero attached hydrogens (tertiary/aromatic N) is 1. The van der Waals surface area contributed by atoms with Crippen LogP contribution in [0.1, 0.15) is 28.8 Å². The summed E-state index contributed by atoms with van der Waals surface area (Å²) < 4.78 is 0. The van der Waals surface area contributed by atoms with Gasteiger partial charge in [0.2, 0.25) is 11.8 Å². The lowest BCUT2D eigenvalue weighted by atomic mass is 9.89. The molecule has 0 aromatic heterocycles. The van der Waals surface area contributed by atoms with Gasteiger partial charge in [-0.2, -0.15) is 0 Å². The molecule has 2 unspecified atom stereocenters. The predicted octanol–water partition coefficient (Wildman–Crippen LogP) is 2.34. The molecule has 2 heterocycles. The first-order chi connectivity index (χ1) is 11.1. The molecule has 114 valence electrons. The summed E-state index contributed by atoms with van der Waals surface area (Å²) in [6.45, 7) is 1.42. The molecule has 5 heteroatoms. The SMILES string of the molecule is CC(=O)N1c2ccccc2C(=O)C1C1C(=O)Nc2ccccc21. The van der Waals surface area contributed by atoms with Gasteiger partial charge in [-0.3, -0.25) is 19.3 Å². The van der Waals surface area contributed by atoms with Crippen molar-refractivity contribution in [2.24, 2.45) is 0 Å². The fourth-order valence-electron chi connectivity index (χ4n) is 3.53. The van der Waals surface area contributed by atoms with Crippen LogP contribution in [0, 0.1) is 0 Å². The molecule has 0 saturated carbocycles. The summed E-state index contributed by atoms with van der Waals surface area (Å²) in [7, 11) is 0. The van der Waals surface area contributed by atoms with Crippen molar-refractivity contribution < 1.29 is 14.4 Å². The average molecular weight is 306 g/mol. The van der Waals surface area contributed by atoms with Crippen LogP contribution in [0.15, 0.2) is 48.5 Å². The zero-order chi connectivity index (χ0) is 16.1. The van der Waals surface area contributed by atoms with Crippen LogP contribution in [-0.2, 0) is 9.59 Å². The third kappa shape index (κ3) is 1.83. The van der Waals surface area contributed by atoms with E-state index in [9.17, 15) is 14.4 Å². The van der Waals surface area contributed by atoms with Crippen LogP contribution in [0.25, 0.3) is 0 Å². The number of hydrogen-bond acceptors (Lipinski definition) is 3. The number of rotatable bonds is 1. The number of Topliss-reactive ketones (excluding diaryl/α,β-unsaturated/α-hetero) is 1. The van der Waals surface area contributed by atoms with Crippen LogP contribution in [0.3, 0.4) is 0 Å². The highest BCUT2D eigenvalue weighted by molar-refractivity contribution is 6.21. The number of amides is 2. The molecular formula is C18H14N2O3. The van der Waals surface area contributed by atoms with Gasteiger partial charge in [-0.15, -0.1) is 0 Å². The second kappa shape index (κ2) is 4.78. The predicted molar refractivity (Wildman–Crippen MR) is 85.5 cm³/mol. The van der Waals surface area contributed by atoms with Crippen molar-refractivity contribution >= 4 is 29.0 Å². The van der Waals surface area contributed by atoms with Crippen molar-refractivity contribution in [1.82, 2.24) is 0 Å². The number of fused-ring (bicyclic) bond motifs is 2. The van der Waals surface area contributed by atoms with Gasteiger partial charge in [-0.25, -0.2) is 0 Å². The molecule has 2 atom stereocenters. The van der Waals surface area contributed by atoms with Gasteiger partial charge in [0.25, 0.3) is 0 Å². The summed E-state index contributed by atoms with van der Waals surface area (Å²) in [6, 6.07) is 13.5. The first kappa shape index (κ1) is 13.7. The molecular weight excluding hydrogens is 292 g/mol. The van der Waals surface area contributed by atoms with Gasteiger partial charge in [0.1, 0.15) is 6.04 Å². The zero-order valence-corrected chi connectivity index (χ0v) is 12.4. The van der Waals surface area contributed by atoms with E-state index in [-0.39, 0.29) is 17.6 Å². The monoisotopic (exact) mass is 306 g/mol. The zero-order valence-electron chi connectivity index (χ0n) is 12.4. The first-order valence-corrected chi connectivity index (χ1v) is 7.42. The van der Waals surface area contributed by atoms with Crippen LogP contribution in [0.5, 0.6) is 0 Å². The van der Waals surface area contributed by atoms with Crippen LogP contribution in [0.2, 0.25) is 0 Å². The molecule has 2 amide bonds. The van der Waals surface area contributed by atoms with E-state index >= 15 is 0 Å². The van der Waals surface area contributed by atoms with E-state index in [0.29, 0.717) is 16.9 Å². The summed E-state index contributed by atoms with van der Waals surface area (Å²) in [5.74, 6) is -1.36. The van der Waals surface area contributed by atoms with Gasteiger partial charge in [-0.05, 0) is 23.8 Å². The van der Waals surface area contributed by atoms with E-state index in [1.807, 2.05) is 18.2 Å². The molecule has 2 aromatic carbocycles. The number of carbonyl (C=O) groups is 3. The lowest BCUT2D eigenvalue weighted by Gasteiger charge is -2.26. The summed E-state index contributed by atoms with van der Waals surface area (Å²) in [5, 5.41) is 2.80. The maximum absolute atomic E-state index is 12.9. The Kier molecular flexibility index (Phi) is 2.84. The molecule has 2 aliphatic heterocycles. The quantitative estimate of drug-likeness (QED) is 0.879. The summed E-state index contributed by atoms with van der Waals surface area (Å²) in [5.41, 5.74) is 2.53. The largest absolute Gasteiger partial charge is 0.325 e. The van der Waals surface area contributed by atoms with Gasteiger partial charge in [0.05, 0.1) is 11.6 Å². The minimum atomic E-state index is -0.825. The van der Waals surface area contributed by atoms with Crippen LogP contribution in [-0.4, -0.2) is 23.6 Å².